The highest BCUT2D eigenvalue weighted by Gasteiger charge is 2.26. The van der Waals surface area contributed by atoms with Crippen LogP contribution in [0.15, 0.2) is 12.1 Å². The minimum absolute atomic E-state index is 0.429. The van der Waals surface area contributed by atoms with Gasteiger partial charge in [-0.05, 0) is 56.0 Å². The molecule has 0 amide bonds. The third kappa shape index (κ3) is 3.09. The smallest absolute Gasteiger partial charge is 0.161 e. The van der Waals surface area contributed by atoms with E-state index in [1.54, 1.807) is 0 Å². The molecule has 0 aliphatic carbocycles. The van der Waals surface area contributed by atoms with E-state index in [0.717, 1.165) is 24.5 Å². The minimum Gasteiger partial charge on any atom is -0.490 e. The van der Waals surface area contributed by atoms with E-state index in [9.17, 15) is 0 Å². The average molecular weight is 277 g/mol. The maximum Gasteiger partial charge on any atom is 0.161 e. The van der Waals surface area contributed by atoms with Crippen molar-refractivity contribution in [1.82, 2.24) is 5.32 Å². The zero-order valence-electron chi connectivity index (χ0n) is 13.2. The Morgan fingerprint density at radius 3 is 2.40 bits per heavy atom. The molecular formula is C17H27NO2. The largest absolute Gasteiger partial charge is 0.490 e. The number of fused-ring (bicyclic) bond motifs is 1. The van der Waals surface area contributed by atoms with Crippen molar-refractivity contribution in [3.05, 3.63) is 23.3 Å². The molecule has 20 heavy (non-hydrogen) atoms. The molecule has 0 spiro atoms. The van der Waals surface area contributed by atoms with Gasteiger partial charge in [-0.15, -0.1) is 0 Å². The second-order valence-electron chi connectivity index (χ2n) is 5.43. The van der Waals surface area contributed by atoms with Gasteiger partial charge in [-0.2, -0.15) is 0 Å². The highest BCUT2D eigenvalue weighted by atomic mass is 16.5. The maximum absolute atomic E-state index is 5.76. The van der Waals surface area contributed by atoms with Crippen molar-refractivity contribution < 1.29 is 9.47 Å². The number of nitrogens with one attached hydrogen (secondary N) is 1. The van der Waals surface area contributed by atoms with Gasteiger partial charge in [0.1, 0.15) is 0 Å². The Kier molecular flexibility index (Phi) is 5.30. The lowest BCUT2D eigenvalue weighted by Gasteiger charge is -2.32. The summed E-state index contributed by atoms with van der Waals surface area (Å²) < 4.78 is 11.5. The van der Waals surface area contributed by atoms with Crippen LogP contribution in [-0.2, 0) is 6.42 Å². The zero-order chi connectivity index (χ0) is 14.5. The molecule has 0 aromatic heterocycles. The molecule has 3 nitrogen and oxygen atoms in total. The molecule has 3 heteroatoms. The van der Waals surface area contributed by atoms with Gasteiger partial charge in [-0.1, -0.05) is 20.3 Å². The normalized spacial score (nSPS) is 19.3. The third-order valence-electron chi connectivity index (χ3n) is 4.11. The summed E-state index contributed by atoms with van der Waals surface area (Å²) in [6, 6.07) is 4.80. The molecule has 0 radical (unpaired) electrons. The van der Waals surface area contributed by atoms with Crippen LogP contribution in [0, 0.1) is 5.92 Å². The van der Waals surface area contributed by atoms with E-state index in [0.29, 0.717) is 25.2 Å². The molecule has 1 heterocycles. The molecule has 112 valence electrons. The fraction of sp³-hybridized carbons (Fsp3) is 0.647. The Hall–Kier alpha value is -1.22. The molecule has 0 saturated heterocycles. The van der Waals surface area contributed by atoms with E-state index in [1.807, 2.05) is 13.8 Å². The van der Waals surface area contributed by atoms with Crippen LogP contribution in [-0.4, -0.2) is 19.8 Å². The second kappa shape index (κ2) is 6.98. The molecule has 2 unspecified atom stereocenters. The van der Waals surface area contributed by atoms with Gasteiger partial charge in [-0.3, -0.25) is 0 Å². The van der Waals surface area contributed by atoms with Crippen LogP contribution in [0.5, 0.6) is 11.5 Å². The standard InChI is InChI=1S/C17H27NO2/c1-5-12(4)17-14-11-16(20-7-3)15(19-6-2)10-13(14)8-9-18-17/h10-12,17-18H,5-9H2,1-4H3. The van der Waals surface area contributed by atoms with Crippen molar-refractivity contribution in [3.8, 4) is 11.5 Å². The highest BCUT2D eigenvalue weighted by Crippen LogP contribution is 2.38. The Bertz CT molecular complexity index is 445. The van der Waals surface area contributed by atoms with Gasteiger partial charge >= 0.3 is 0 Å². The zero-order valence-corrected chi connectivity index (χ0v) is 13.2. The fourth-order valence-electron chi connectivity index (χ4n) is 2.88. The van der Waals surface area contributed by atoms with Crippen LogP contribution in [0.4, 0.5) is 0 Å². The summed E-state index contributed by atoms with van der Waals surface area (Å²) in [4.78, 5) is 0. The van der Waals surface area contributed by atoms with Crippen LogP contribution in [0.2, 0.25) is 0 Å². The molecule has 1 N–H and O–H groups in total. The van der Waals surface area contributed by atoms with Crippen LogP contribution in [0.3, 0.4) is 0 Å². The minimum atomic E-state index is 0.429. The van der Waals surface area contributed by atoms with Gasteiger partial charge in [0.25, 0.3) is 0 Å². The van der Waals surface area contributed by atoms with E-state index in [-0.39, 0.29) is 0 Å². The predicted octanol–water partition coefficient (Wildman–Crippen LogP) is 3.72. The average Bonchev–Trinajstić information content (AvgIpc) is 2.47. The quantitative estimate of drug-likeness (QED) is 0.859. The van der Waals surface area contributed by atoms with Crippen molar-refractivity contribution in [2.75, 3.05) is 19.8 Å². The SMILES string of the molecule is CCOc1cc2c(cc1OCC)C(C(C)CC)NCC2. The summed E-state index contributed by atoms with van der Waals surface area (Å²) in [5.41, 5.74) is 2.79. The maximum atomic E-state index is 5.76. The molecule has 0 bridgehead atoms. The monoisotopic (exact) mass is 277 g/mol. The summed E-state index contributed by atoms with van der Waals surface area (Å²) >= 11 is 0. The summed E-state index contributed by atoms with van der Waals surface area (Å²) in [6.45, 7) is 11.0. The van der Waals surface area contributed by atoms with Crippen LogP contribution >= 0.6 is 0 Å². The highest BCUT2D eigenvalue weighted by molar-refractivity contribution is 5.49. The van der Waals surface area contributed by atoms with E-state index >= 15 is 0 Å². The lowest BCUT2D eigenvalue weighted by atomic mass is 9.85. The first-order valence-electron chi connectivity index (χ1n) is 7.87. The van der Waals surface area contributed by atoms with Crippen LogP contribution < -0.4 is 14.8 Å². The van der Waals surface area contributed by atoms with Gasteiger partial charge in [0.2, 0.25) is 0 Å². The molecule has 0 saturated carbocycles. The van der Waals surface area contributed by atoms with Crippen molar-refractivity contribution in [2.24, 2.45) is 5.92 Å². The summed E-state index contributed by atoms with van der Waals surface area (Å²) in [6.07, 6.45) is 2.24. The van der Waals surface area contributed by atoms with Crippen molar-refractivity contribution in [2.45, 2.75) is 46.6 Å². The van der Waals surface area contributed by atoms with Gasteiger partial charge in [0, 0.05) is 6.04 Å². The van der Waals surface area contributed by atoms with Crippen LogP contribution in [0.25, 0.3) is 0 Å². The molecule has 1 aromatic rings. The molecule has 1 aliphatic heterocycles. The lowest BCUT2D eigenvalue weighted by Crippen LogP contribution is -2.33. The first-order valence-corrected chi connectivity index (χ1v) is 7.87. The Balaban J connectivity index is 2.40. The van der Waals surface area contributed by atoms with E-state index in [1.165, 1.54) is 17.5 Å². The second-order valence-corrected chi connectivity index (χ2v) is 5.43. The van der Waals surface area contributed by atoms with Crippen molar-refractivity contribution >= 4 is 0 Å². The first-order chi connectivity index (χ1) is 9.71. The molecule has 1 aliphatic rings. The van der Waals surface area contributed by atoms with E-state index in [2.05, 4.69) is 31.3 Å². The van der Waals surface area contributed by atoms with Gasteiger partial charge in [-0.25, -0.2) is 0 Å². The molecule has 0 fully saturated rings. The Labute approximate surface area is 122 Å². The van der Waals surface area contributed by atoms with E-state index in [4.69, 9.17) is 9.47 Å². The molecule has 1 aromatic carbocycles. The number of hydrogen-bond acceptors (Lipinski definition) is 3. The van der Waals surface area contributed by atoms with Crippen LogP contribution in [0.1, 0.15) is 51.3 Å². The predicted molar refractivity (Wildman–Crippen MR) is 82.7 cm³/mol. The van der Waals surface area contributed by atoms with Crippen molar-refractivity contribution in [3.63, 3.8) is 0 Å². The fourth-order valence-corrected chi connectivity index (χ4v) is 2.88. The number of rotatable bonds is 6. The van der Waals surface area contributed by atoms with Gasteiger partial charge in [0.15, 0.2) is 11.5 Å². The Morgan fingerprint density at radius 2 is 1.80 bits per heavy atom. The third-order valence-corrected chi connectivity index (χ3v) is 4.11. The summed E-state index contributed by atoms with van der Waals surface area (Å²) in [7, 11) is 0. The van der Waals surface area contributed by atoms with E-state index < -0.39 is 0 Å². The van der Waals surface area contributed by atoms with Crippen molar-refractivity contribution in [1.29, 1.82) is 0 Å². The Morgan fingerprint density at radius 1 is 1.15 bits per heavy atom. The number of ether oxygens (including phenoxy) is 2. The molecule has 2 rings (SSSR count). The molecular weight excluding hydrogens is 250 g/mol. The van der Waals surface area contributed by atoms with Gasteiger partial charge < -0.3 is 14.8 Å². The molecule has 2 atom stereocenters. The number of hydrogen-bond donors (Lipinski definition) is 1. The topological polar surface area (TPSA) is 30.5 Å². The summed E-state index contributed by atoms with van der Waals surface area (Å²) in [5.74, 6) is 2.39. The number of benzene rings is 1. The first kappa shape index (κ1) is 15.2. The summed E-state index contributed by atoms with van der Waals surface area (Å²) in [5, 5.41) is 3.65. The van der Waals surface area contributed by atoms with Gasteiger partial charge in [0.05, 0.1) is 13.2 Å². The lowest BCUT2D eigenvalue weighted by molar-refractivity contribution is 0.284.